The first-order valence-electron chi connectivity index (χ1n) is 9.03. The fourth-order valence-corrected chi connectivity index (χ4v) is 3.28. The molecule has 0 saturated carbocycles. The van der Waals surface area contributed by atoms with Gasteiger partial charge in [-0.05, 0) is 30.3 Å². The molecule has 0 radical (unpaired) electrons. The lowest BCUT2D eigenvalue weighted by atomic mass is 10.1. The molecule has 1 atom stereocenters. The minimum Gasteiger partial charge on any atom is -0.346 e. The van der Waals surface area contributed by atoms with E-state index in [4.69, 9.17) is 0 Å². The first-order chi connectivity index (χ1) is 13.9. The molecule has 1 unspecified atom stereocenters. The highest BCUT2D eigenvalue weighted by atomic mass is 16.2. The predicted molar refractivity (Wildman–Crippen MR) is 109 cm³/mol. The number of carbonyl (C=O) groups excluding carboxylic acids is 3. The third-order valence-corrected chi connectivity index (χ3v) is 4.61. The van der Waals surface area contributed by atoms with Crippen LogP contribution in [-0.4, -0.2) is 38.7 Å². The molecule has 146 valence electrons. The summed E-state index contributed by atoms with van der Waals surface area (Å²) in [5, 5.41) is 5.60. The molecule has 1 aliphatic rings. The average molecular weight is 389 g/mol. The van der Waals surface area contributed by atoms with Crippen LogP contribution in [0.4, 0.5) is 5.69 Å². The van der Waals surface area contributed by atoms with E-state index in [1.807, 2.05) is 17.7 Å². The molecule has 8 nitrogen and oxygen atoms in total. The number of H-pyrrole nitrogens is 1. The van der Waals surface area contributed by atoms with Gasteiger partial charge in [-0.25, -0.2) is 4.98 Å². The summed E-state index contributed by atoms with van der Waals surface area (Å²) in [5.41, 5.74) is 3.97. The largest absolute Gasteiger partial charge is 0.346 e. The lowest BCUT2D eigenvalue weighted by Gasteiger charge is -2.08. The van der Waals surface area contributed by atoms with E-state index in [0.29, 0.717) is 22.6 Å². The van der Waals surface area contributed by atoms with Crippen molar-refractivity contribution in [1.82, 2.24) is 19.9 Å². The lowest BCUT2D eigenvalue weighted by molar-refractivity contribution is -0.114. The Morgan fingerprint density at radius 1 is 1.28 bits per heavy atom. The Labute approximate surface area is 166 Å². The van der Waals surface area contributed by atoms with Gasteiger partial charge in [-0.1, -0.05) is 12.2 Å². The molecular weight excluding hydrogens is 370 g/mol. The number of hydrogen-bond acceptors (Lipinski definition) is 4. The average Bonchev–Trinajstić information content (AvgIpc) is 3.38. The number of rotatable bonds is 5. The van der Waals surface area contributed by atoms with Crippen molar-refractivity contribution >= 4 is 34.8 Å². The van der Waals surface area contributed by atoms with Gasteiger partial charge in [-0.15, -0.1) is 0 Å². The summed E-state index contributed by atoms with van der Waals surface area (Å²) in [6.07, 6.45) is 7.69. The number of aryl methyl sites for hydroxylation is 1. The maximum atomic E-state index is 12.5. The summed E-state index contributed by atoms with van der Waals surface area (Å²) >= 11 is 0. The zero-order chi connectivity index (χ0) is 20.5. The number of hydrogen-bond donors (Lipinski definition) is 3. The Bertz CT molecular complexity index is 1200. The molecule has 3 aromatic rings. The van der Waals surface area contributed by atoms with Gasteiger partial charge in [0.1, 0.15) is 6.29 Å². The number of amides is 2. The van der Waals surface area contributed by atoms with Gasteiger partial charge in [0.25, 0.3) is 5.91 Å². The van der Waals surface area contributed by atoms with E-state index >= 15 is 0 Å². The van der Waals surface area contributed by atoms with Gasteiger partial charge >= 0.3 is 0 Å². The molecule has 29 heavy (non-hydrogen) atoms. The molecule has 0 saturated heterocycles. The summed E-state index contributed by atoms with van der Waals surface area (Å²) in [4.78, 5) is 42.4. The highest BCUT2D eigenvalue weighted by molar-refractivity contribution is 5.98. The van der Waals surface area contributed by atoms with Gasteiger partial charge in [0, 0.05) is 31.3 Å². The van der Waals surface area contributed by atoms with E-state index in [9.17, 15) is 14.4 Å². The Hall–Kier alpha value is -3.94. The van der Waals surface area contributed by atoms with Crippen LogP contribution in [-0.2, 0) is 16.6 Å². The van der Waals surface area contributed by atoms with Gasteiger partial charge in [0.05, 0.1) is 28.5 Å². The Morgan fingerprint density at radius 2 is 2.10 bits per heavy atom. The van der Waals surface area contributed by atoms with Crippen LogP contribution in [0.15, 0.2) is 54.3 Å². The van der Waals surface area contributed by atoms with E-state index in [1.54, 1.807) is 42.6 Å². The van der Waals surface area contributed by atoms with Gasteiger partial charge in [-0.2, -0.15) is 0 Å². The summed E-state index contributed by atoms with van der Waals surface area (Å²) in [5.74, 6) is 0.247. The summed E-state index contributed by atoms with van der Waals surface area (Å²) in [6.45, 7) is 1.46. The maximum Gasteiger partial charge on any atom is 0.252 e. The second-order valence-electron chi connectivity index (χ2n) is 6.87. The molecule has 0 bridgehead atoms. The maximum absolute atomic E-state index is 12.5. The number of carbonyl (C=O) groups is 3. The number of fused-ring (bicyclic) bond motifs is 1. The quantitative estimate of drug-likeness (QED) is 0.582. The third kappa shape index (κ3) is 3.73. The van der Waals surface area contributed by atoms with Gasteiger partial charge in [-0.3, -0.25) is 14.4 Å². The van der Waals surface area contributed by atoms with Crippen molar-refractivity contribution in [2.75, 3.05) is 5.32 Å². The van der Waals surface area contributed by atoms with Crippen molar-refractivity contribution in [2.24, 2.45) is 7.05 Å². The number of aromatic nitrogens is 3. The van der Waals surface area contributed by atoms with Crippen molar-refractivity contribution < 1.29 is 14.4 Å². The number of imidazole rings is 1. The number of aldehydes is 1. The van der Waals surface area contributed by atoms with Crippen molar-refractivity contribution in [3.8, 4) is 11.5 Å². The van der Waals surface area contributed by atoms with Crippen LogP contribution in [0.1, 0.15) is 17.3 Å². The predicted octanol–water partition coefficient (Wildman–Crippen LogP) is 2.32. The Balaban J connectivity index is 1.58. The minimum atomic E-state index is -0.300. The molecule has 2 amide bonds. The smallest absolute Gasteiger partial charge is 0.252 e. The van der Waals surface area contributed by atoms with Crippen LogP contribution in [0.25, 0.3) is 22.6 Å². The van der Waals surface area contributed by atoms with Gasteiger partial charge in [0.2, 0.25) is 5.91 Å². The molecule has 4 rings (SSSR count). The summed E-state index contributed by atoms with van der Waals surface area (Å²) < 4.78 is 1.86. The fourth-order valence-electron chi connectivity index (χ4n) is 3.28. The Kier molecular flexibility index (Phi) is 4.59. The summed E-state index contributed by atoms with van der Waals surface area (Å²) in [6, 6.07) is 6.75. The molecule has 2 heterocycles. The van der Waals surface area contributed by atoms with Crippen molar-refractivity contribution in [1.29, 1.82) is 0 Å². The zero-order valence-electron chi connectivity index (χ0n) is 15.9. The number of nitrogens with zero attached hydrogens (tertiary/aromatic N) is 2. The second-order valence-corrected chi connectivity index (χ2v) is 6.87. The third-order valence-electron chi connectivity index (χ3n) is 4.61. The topological polar surface area (TPSA) is 109 Å². The van der Waals surface area contributed by atoms with Crippen LogP contribution in [0.3, 0.4) is 0 Å². The van der Waals surface area contributed by atoms with Crippen LogP contribution < -0.4 is 10.6 Å². The molecule has 1 aromatic carbocycles. The standard InChI is InChI=1S/C21H19N5O3/c1-12(28)22-16-9-19(26(2)10-16)20-24-17-6-4-14(8-18(17)25-20)21(29)23-15-5-3-13(7-15)11-27/h3-11,15H,1-2H3,(H,22,28)(H,23,29)(H,24,25). The van der Waals surface area contributed by atoms with Crippen LogP contribution in [0.2, 0.25) is 0 Å². The van der Waals surface area contributed by atoms with E-state index in [2.05, 4.69) is 20.6 Å². The highest BCUT2D eigenvalue weighted by Crippen LogP contribution is 2.25. The van der Waals surface area contributed by atoms with Gasteiger partial charge in [0.15, 0.2) is 5.82 Å². The molecular formula is C21H19N5O3. The molecule has 3 N–H and O–H groups in total. The van der Waals surface area contributed by atoms with Crippen molar-refractivity contribution in [3.05, 3.63) is 59.8 Å². The fraction of sp³-hybridized carbons (Fsp3) is 0.143. The van der Waals surface area contributed by atoms with E-state index in [0.717, 1.165) is 23.0 Å². The number of allylic oxidation sites excluding steroid dienone is 2. The summed E-state index contributed by atoms with van der Waals surface area (Å²) in [7, 11) is 1.86. The number of aromatic amines is 1. The number of anilines is 1. The van der Waals surface area contributed by atoms with E-state index in [1.165, 1.54) is 6.92 Å². The van der Waals surface area contributed by atoms with Crippen LogP contribution in [0, 0.1) is 0 Å². The molecule has 8 heteroatoms. The first kappa shape index (κ1) is 18.4. The van der Waals surface area contributed by atoms with Crippen molar-refractivity contribution in [2.45, 2.75) is 13.0 Å². The van der Waals surface area contributed by atoms with E-state index < -0.39 is 0 Å². The molecule has 1 aliphatic carbocycles. The molecule has 0 aliphatic heterocycles. The molecule has 2 aromatic heterocycles. The van der Waals surface area contributed by atoms with Crippen LogP contribution in [0.5, 0.6) is 0 Å². The first-order valence-corrected chi connectivity index (χ1v) is 9.03. The zero-order valence-corrected chi connectivity index (χ0v) is 15.9. The monoisotopic (exact) mass is 389 g/mol. The van der Waals surface area contributed by atoms with Gasteiger partial charge < -0.3 is 20.2 Å². The molecule has 0 fully saturated rings. The Morgan fingerprint density at radius 3 is 2.83 bits per heavy atom. The minimum absolute atomic E-state index is 0.144. The highest BCUT2D eigenvalue weighted by Gasteiger charge is 2.16. The van der Waals surface area contributed by atoms with Crippen LogP contribution >= 0.6 is 0 Å². The van der Waals surface area contributed by atoms with Crippen molar-refractivity contribution in [3.63, 3.8) is 0 Å². The second kappa shape index (κ2) is 7.23. The van der Waals surface area contributed by atoms with E-state index in [-0.39, 0.29) is 17.9 Å². The SMILES string of the molecule is CC(=O)Nc1cc(-c2nc3ccc(C(=O)NC4C=CC(C=O)=C4)cc3[nH]2)n(C)c1. The normalized spacial score (nSPS) is 15.4. The lowest BCUT2D eigenvalue weighted by Crippen LogP contribution is -2.31. The number of nitrogens with one attached hydrogen (secondary N) is 3. The molecule has 0 spiro atoms. The number of benzene rings is 1.